The van der Waals surface area contributed by atoms with Crippen molar-refractivity contribution in [3.8, 4) is 0 Å². The van der Waals surface area contributed by atoms with Crippen LogP contribution in [0.4, 0.5) is 5.69 Å². The third kappa shape index (κ3) is 7.40. The number of anilines is 1. The topological polar surface area (TPSA) is 57.5 Å². The monoisotopic (exact) mass is 538 g/mol. The molecule has 1 fully saturated rings. The standard InChI is InChI=1S/C24H38N6.HI/c1-6-25-24(26-16-18(2)17-30-20(4)14-19(3)28-30)27-21(5)22-10-9-11-23(15-22)29-12-7-8-13-29;/h9-11,14-15,18,21H,6-8,12-13,16-17H2,1-5H3,(H2,25,26,27);1H. The molecule has 2 unspecified atom stereocenters. The largest absolute Gasteiger partial charge is 0.372 e. The van der Waals surface area contributed by atoms with Gasteiger partial charge >= 0.3 is 0 Å². The van der Waals surface area contributed by atoms with Crippen LogP contribution in [0.5, 0.6) is 0 Å². The highest BCUT2D eigenvalue weighted by molar-refractivity contribution is 14.0. The molecule has 1 aromatic heterocycles. The summed E-state index contributed by atoms with van der Waals surface area (Å²) < 4.78 is 2.09. The van der Waals surface area contributed by atoms with E-state index < -0.39 is 0 Å². The molecule has 2 heterocycles. The first-order valence-corrected chi connectivity index (χ1v) is 11.4. The van der Waals surface area contributed by atoms with Crippen LogP contribution in [0.25, 0.3) is 0 Å². The predicted molar refractivity (Wildman–Crippen MR) is 142 cm³/mol. The van der Waals surface area contributed by atoms with E-state index in [1.165, 1.54) is 42.9 Å². The number of benzene rings is 1. The maximum atomic E-state index is 4.85. The Balaban J connectivity index is 0.00000341. The minimum Gasteiger partial charge on any atom is -0.372 e. The molecule has 2 N–H and O–H groups in total. The van der Waals surface area contributed by atoms with Gasteiger partial charge in [0.05, 0.1) is 11.7 Å². The lowest BCUT2D eigenvalue weighted by Gasteiger charge is -2.22. The van der Waals surface area contributed by atoms with Gasteiger partial charge in [-0.2, -0.15) is 5.10 Å². The molecule has 0 aliphatic carbocycles. The Bertz CT molecular complexity index is 840. The van der Waals surface area contributed by atoms with Crippen LogP contribution in [0, 0.1) is 19.8 Å². The zero-order valence-electron chi connectivity index (χ0n) is 19.7. The lowest BCUT2D eigenvalue weighted by atomic mass is 10.1. The Kier molecular flexibility index (Phi) is 10.1. The Morgan fingerprint density at radius 1 is 1.16 bits per heavy atom. The summed E-state index contributed by atoms with van der Waals surface area (Å²) in [6.45, 7) is 15.5. The van der Waals surface area contributed by atoms with Gasteiger partial charge in [0, 0.05) is 44.1 Å². The van der Waals surface area contributed by atoms with Gasteiger partial charge in [-0.25, -0.2) is 0 Å². The molecule has 0 saturated carbocycles. The molecule has 7 heteroatoms. The van der Waals surface area contributed by atoms with Crippen molar-refractivity contribution in [3.63, 3.8) is 0 Å². The van der Waals surface area contributed by atoms with E-state index >= 15 is 0 Å². The molecule has 6 nitrogen and oxygen atoms in total. The van der Waals surface area contributed by atoms with E-state index in [1.54, 1.807) is 0 Å². The number of nitrogens with one attached hydrogen (secondary N) is 2. The minimum atomic E-state index is 0. The van der Waals surface area contributed by atoms with Gasteiger partial charge in [0.1, 0.15) is 0 Å². The minimum absolute atomic E-state index is 0. The lowest BCUT2D eigenvalue weighted by Crippen LogP contribution is -2.39. The highest BCUT2D eigenvalue weighted by Gasteiger charge is 2.15. The molecular formula is C24H39IN6. The fraction of sp³-hybridized carbons (Fsp3) is 0.583. The SMILES string of the molecule is CCNC(=NCC(C)Cn1nc(C)cc1C)NC(C)c1cccc(N2CCCC2)c1.I. The highest BCUT2D eigenvalue weighted by Crippen LogP contribution is 2.24. The van der Waals surface area contributed by atoms with Crippen LogP contribution in [-0.4, -0.2) is 41.9 Å². The van der Waals surface area contributed by atoms with Crippen molar-refractivity contribution < 1.29 is 0 Å². The molecule has 2 atom stereocenters. The van der Waals surface area contributed by atoms with E-state index in [-0.39, 0.29) is 30.0 Å². The van der Waals surface area contributed by atoms with Crippen LogP contribution < -0.4 is 15.5 Å². The molecular weight excluding hydrogens is 499 g/mol. The first-order valence-electron chi connectivity index (χ1n) is 11.4. The zero-order valence-corrected chi connectivity index (χ0v) is 22.0. The Hall–Kier alpha value is -1.77. The quantitative estimate of drug-likeness (QED) is 0.292. The molecule has 0 bridgehead atoms. The van der Waals surface area contributed by atoms with E-state index in [9.17, 15) is 0 Å². The summed E-state index contributed by atoms with van der Waals surface area (Å²) in [5, 5.41) is 11.6. The summed E-state index contributed by atoms with van der Waals surface area (Å²) in [4.78, 5) is 7.34. The van der Waals surface area contributed by atoms with Gasteiger partial charge in [-0.3, -0.25) is 9.67 Å². The zero-order chi connectivity index (χ0) is 21.5. The van der Waals surface area contributed by atoms with Gasteiger partial charge < -0.3 is 15.5 Å². The third-order valence-electron chi connectivity index (χ3n) is 5.69. The normalized spacial score (nSPS) is 16.0. The molecule has 0 radical (unpaired) electrons. The van der Waals surface area contributed by atoms with Crippen molar-refractivity contribution >= 4 is 35.6 Å². The van der Waals surface area contributed by atoms with Gasteiger partial charge in [-0.05, 0) is 70.2 Å². The Labute approximate surface area is 204 Å². The van der Waals surface area contributed by atoms with Gasteiger partial charge in [0.2, 0.25) is 0 Å². The van der Waals surface area contributed by atoms with Gasteiger partial charge in [-0.1, -0.05) is 19.1 Å². The second kappa shape index (κ2) is 12.3. The van der Waals surface area contributed by atoms with Crippen LogP contribution in [-0.2, 0) is 6.54 Å². The van der Waals surface area contributed by atoms with Crippen molar-refractivity contribution in [2.24, 2.45) is 10.9 Å². The molecule has 1 aliphatic rings. The summed E-state index contributed by atoms with van der Waals surface area (Å²) >= 11 is 0. The second-order valence-corrected chi connectivity index (χ2v) is 8.59. The van der Waals surface area contributed by atoms with E-state index in [4.69, 9.17) is 4.99 Å². The van der Waals surface area contributed by atoms with Crippen LogP contribution in [0.2, 0.25) is 0 Å². The number of aliphatic imine (C=N–C) groups is 1. The maximum Gasteiger partial charge on any atom is 0.191 e. The molecule has 0 amide bonds. The Morgan fingerprint density at radius 3 is 2.55 bits per heavy atom. The van der Waals surface area contributed by atoms with E-state index in [0.717, 1.165) is 31.3 Å². The lowest BCUT2D eigenvalue weighted by molar-refractivity contribution is 0.449. The van der Waals surface area contributed by atoms with Crippen molar-refractivity contribution in [1.29, 1.82) is 0 Å². The summed E-state index contributed by atoms with van der Waals surface area (Å²) in [6.07, 6.45) is 2.59. The number of rotatable bonds is 8. The average molecular weight is 539 g/mol. The third-order valence-corrected chi connectivity index (χ3v) is 5.69. The molecule has 172 valence electrons. The number of aryl methyl sites for hydroxylation is 2. The first kappa shape index (κ1) is 25.5. The van der Waals surface area contributed by atoms with E-state index in [2.05, 4.69) is 83.3 Å². The van der Waals surface area contributed by atoms with Gasteiger partial charge in [0.15, 0.2) is 5.96 Å². The van der Waals surface area contributed by atoms with Gasteiger partial charge in [0.25, 0.3) is 0 Å². The van der Waals surface area contributed by atoms with Gasteiger partial charge in [-0.15, -0.1) is 24.0 Å². The fourth-order valence-corrected chi connectivity index (χ4v) is 4.03. The predicted octanol–water partition coefficient (Wildman–Crippen LogP) is 4.67. The first-order chi connectivity index (χ1) is 14.5. The van der Waals surface area contributed by atoms with Crippen LogP contribution in [0.1, 0.15) is 56.6 Å². The molecule has 31 heavy (non-hydrogen) atoms. The molecule has 1 aliphatic heterocycles. The van der Waals surface area contributed by atoms with E-state index in [1.807, 2.05) is 6.92 Å². The van der Waals surface area contributed by atoms with Crippen LogP contribution >= 0.6 is 24.0 Å². The van der Waals surface area contributed by atoms with Crippen molar-refractivity contribution in [2.75, 3.05) is 31.1 Å². The molecule has 3 rings (SSSR count). The summed E-state index contributed by atoms with van der Waals surface area (Å²) in [5.41, 5.74) is 4.91. The summed E-state index contributed by atoms with van der Waals surface area (Å²) in [5.74, 6) is 1.28. The average Bonchev–Trinajstić information content (AvgIpc) is 3.36. The maximum absolute atomic E-state index is 4.85. The van der Waals surface area contributed by atoms with Crippen molar-refractivity contribution in [1.82, 2.24) is 20.4 Å². The molecule has 1 saturated heterocycles. The number of halogens is 1. The van der Waals surface area contributed by atoms with Crippen LogP contribution in [0.3, 0.4) is 0 Å². The molecule has 2 aromatic rings. The number of hydrogen-bond acceptors (Lipinski definition) is 3. The second-order valence-electron chi connectivity index (χ2n) is 8.59. The number of guanidine groups is 1. The number of aromatic nitrogens is 2. The fourth-order valence-electron chi connectivity index (χ4n) is 4.03. The highest BCUT2D eigenvalue weighted by atomic mass is 127. The van der Waals surface area contributed by atoms with Crippen LogP contribution in [0.15, 0.2) is 35.3 Å². The molecule has 1 aromatic carbocycles. The number of hydrogen-bond donors (Lipinski definition) is 2. The van der Waals surface area contributed by atoms with E-state index in [0.29, 0.717) is 5.92 Å². The summed E-state index contributed by atoms with van der Waals surface area (Å²) in [6, 6.07) is 11.2. The smallest absolute Gasteiger partial charge is 0.191 e. The summed E-state index contributed by atoms with van der Waals surface area (Å²) in [7, 11) is 0. The molecule has 0 spiro atoms. The Morgan fingerprint density at radius 2 is 1.90 bits per heavy atom. The number of nitrogens with zero attached hydrogens (tertiary/aromatic N) is 4. The van der Waals surface area contributed by atoms with Crippen molar-refractivity contribution in [2.45, 2.75) is 60.0 Å². The van der Waals surface area contributed by atoms with Crippen molar-refractivity contribution in [3.05, 3.63) is 47.3 Å².